The van der Waals surface area contributed by atoms with E-state index in [1.165, 1.54) is 16.9 Å². The van der Waals surface area contributed by atoms with E-state index in [-0.39, 0.29) is 5.91 Å². The fourth-order valence-corrected chi connectivity index (χ4v) is 3.32. The van der Waals surface area contributed by atoms with E-state index in [0.717, 1.165) is 27.3 Å². The molecule has 0 spiro atoms. The van der Waals surface area contributed by atoms with Crippen molar-refractivity contribution in [1.82, 2.24) is 5.32 Å². The number of rotatable bonds is 6. The van der Waals surface area contributed by atoms with Crippen molar-refractivity contribution in [2.75, 3.05) is 6.54 Å². The van der Waals surface area contributed by atoms with Crippen molar-refractivity contribution >= 4 is 17.2 Å². The molecule has 1 amide bonds. The van der Waals surface area contributed by atoms with Crippen LogP contribution in [0.4, 0.5) is 0 Å². The van der Waals surface area contributed by atoms with Crippen LogP contribution in [0.2, 0.25) is 0 Å². The number of hydrogen-bond donors (Lipinski definition) is 1. The van der Waals surface area contributed by atoms with Gasteiger partial charge in [0, 0.05) is 12.1 Å². The Balaban J connectivity index is 1.99. The van der Waals surface area contributed by atoms with Crippen LogP contribution in [0.15, 0.2) is 23.6 Å². The van der Waals surface area contributed by atoms with Gasteiger partial charge in [0.1, 0.15) is 12.4 Å². The molecule has 0 saturated carbocycles. The monoisotopic (exact) mass is 331 g/mol. The summed E-state index contributed by atoms with van der Waals surface area (Å²) in [6.45, 7) is 11.6. The number of thiophene rings is 1. The predicted molar refractivity (Wildman–Crippen MR) is 96.5 cm³/mol. The van der Waals surface area contributed by atoms with Crippen molar-refractivity contribution < 1.29 is 9.53 Å². The van der Waals surface area contributed by atoms with Crippen LogP contribution in [0.1, 0.15) is 45.8 Å². The molecule has 0 unspecified atom stereocenters. The van der Waals surface area contributed by atoms with Crippen molar-refractivity contribution in [3.05, 3.63) is 50.7 Å². The minimum atomic E-state index is -0.00218. The maximum atomic E-state index is 12.0. The number of carbonyl (C=O) groups is 1. The fraction of sp³-hybridized carbons (Fsp3) is 0.421. The van der Waals surface area contributed by atoms with Crippen LogP contribution in [0.25, 0.3) is 0 Å². The summed E-state index contributed by atoms with van der Waals surface area (Å²) in [5, 5.41) is 4.93. The van der Waals surface area contributed by atoms with Crippen molar-refractivity contribution in [3.8, 4) is 5.75 Å². The summed E-state index contributed by atoms with van der Waals surface area (Å²) in [6, 6.07) is 6.17. The molecule has 2 rings (SSSR count). The van der Waals surface area contributed by atoms with Gasteiger partial charge in [-0.15, -0.1) is 11.3 Å². The zero-order chi connectivity index (χ0) is 17.0. The topological polar surface area (TPSA) is 38.3 Å². The summed E-state index contributed by atoms with van der Waals surface area (Å²) in [4.78, 5) is 12.8. The lowest BCUT2D eigenvalue weighted by Gasteiger charge is -2.12. The number of hydrogen-bond acceptors (Lipinski definition) is 3. The van der Waals surface area contributed by atoms with Crippen LogP contribution in [-0.2, 0) is 6.61 Å². The van der Waals surface area contributed by atoms with E-state index >= 15 is 0 Å². The molecule has 0 aliphatic rings. The number of carbonyl (C=O) groups excluding carboxylic acids is 1. The average Bonchev–Trinajstić information content (AvgIpc) is 2.92. The van der Waals surface area contributed by atoms with Gasteiger partial charge in [-0.1, -0.05) is 31.5 Å². The molecule has 1 heterocycles. The lowest BCUT2D eigenvalue weighted by atomic mass is 10.1. The van der Waals surface area contributed by atoms with Gasteiger partial charge in [-0.05, 0) is 49.3 Å². The SMILES string of the molecule is Cc1cc(C)c(OCc2csc(C(=O)NCC(C)C)c2)c(C)c1. The molecule has 3 nitrogen and oxygen atoms in total. The molecular formula is C19H25NO2S. The summed E-state index contributed by atoms with van der Waals surface area (Å²) >= 11 is 1.46. The number of nitrogens with one attached hydrogen (secondary N) is 1. The largest absolute Gasteiger partial charge is 0.488 e. The normalized spacial score (nSPS) is 10.9. The Labute approximate surface area is 142 Å². The average molecular weight is 331 g/mol. The second-order valence-corrected chi connectivity index (χ2v) is 7.35. The molecule has 0 aliphatic heterocycles. The van der Waals surface area contributed by atoms with E-state index in [4.69, 9.17) is 4.74 Å². The molecular weight excluding hydrogens is 306 g/mol. The van der Waals surface area contributed by atoms with Crippen molar-refractivity contribution in [2.24, 2.45) is 5.92 Å². The molecule has 1 aromatic carbocycles. The highest BCUT2D eigenvalue weighted by Gasteiger charge is 2.11. The highest BCUT2D eigenvalue weighted by Crippen LogP contribution is 2.26. The third-order valence-corrected chi connectivity index (χ3v) is 4.51. The van der Waals surface area contributed by atoms with E-state index in [0.29, 0.717) is 19.1 Å². The standard InChI is InChI=1S/C19H25NO2S/c1-12(2)9-20-19(21)17-8-16(11-23-17)10-22-18-14(4)6-13(3)7-15(18)5/h6-8,11-12H,9-10H2,1-5H3,(H,20,21). The van der Waals surface area contributed by atoms with Crippen LogP contribution >= 0.6 is 11.3 Å². The molecule has 4 heteroatoms. The third-order valence-electron chi connectivity index (χ3n) is 3.54. The van der Waals surface area contributed by atoms with Crippen molar-refractivity contribution in [1.29, 1.82) is 0 Å². The molecule has 2 aromatic rings. The number of amides is 1. The zero-order valence-corrected chi connectivity index (χ0v) is 15.3. The Morgan fingerprint density at radius 1 is 1.17 bits per heavy atom. The van der Waals surface area contributed by atoms with Gasteiger partial charge in [-0.2, -0.15) is 0 Å². The van der Waals surface area contributed by atoms with E-state index in [1.54, 1.807) is 0 Å². The first kappa shape index (κ1) is 17.5. The van der Waals surface area contributed by atoms with Crippen molar-refractivity contribution in [3.63, 3.8) is 0 Å². The van der Waals surface area contributed by atoms with Gasteiger partial charge in [-0.25, -0.2) is 0 Å². The smallest absolute Gasteiger partial charge is 0.261 e. The lowest BCUT2D eigenvalue weighted by molar-refractivity contribution is 0.0953. The lowest BCUT2D eigenvalue weighted by Crippen LogP contribution is -2.26. The molecule has 23 heavy (non-hydrogen) atoms. The van der Waals surface area contributed by atoms with E-state index in [2.05, 4.69) is 52.1 Å². The maximum Gasteiger partial charge on any atom is 0.261 e. The molecule has 1 N–H and O–H groups in total. The minimum absolute atomic E-state index is 0.00218. The van der Waals surface area contributed by atoms with Crippen molar-refractivity contribution in [2.45, 2.75) is 41.2 Å². The van der Waals surface area contributed by atoms with Gasteiger partial charge in [0.2, 0.25) is 0 Å². The molecule has 0 fully saturated rings. The summed E-state index contributed by atoms with van der Waals surface area (Å²) in [5.41, 5.74) is 4.57. The first-order chi connectivity index (χ1) is 10.9. The Kier molecular flexibility index (Phi) is 5.83. The molecule has 0 atom stereocenters. The third kappa shape index (κ3) is 4.83. The quantitative estimate of drug-likeness (QED) is 0.837. The zero-order valence-electron chi connectivity index (χ0n) is 14.5. The number of aryl methyl sites for hydroxylation is 3. The Morgan fingerprint density at radius 3 is 2.43 bits per heavy atom. The molecule has 0 bridgehead atoms. The van der Waals surface area contributed by atoms with E-state index in [9.17, 15) is 4.79 Å². The van der Waals surface area contributed by atoms with E-state index in [1.807, 2.05) is 11.4 Å². The van der Waals surface area contributed by atoms with Gasteiger partial charge < -0.3 is 10.1 Å². The fourth-order valence-electron chi connectivity index (χ4n) is 2.50. The molecule has 124 valence electrons. The van der Waals surface area contributed by atoms with Gasteiger partial charge in [-0.3, -0.25) is 4.79 Å². The number of benzene rings is 1. The maximum absolute atomic E-state index is 12.0. The Morgan fingerprint density at radius 2 is 1.83 bits per heavy atom. The molecule has 1 aromatic heterocycles. The summed E-state index contributed by atoms with van der Waals surface area (Å²) < 4.78 is 5.97. The number of ether oxygens (including phenoxy) is 1. The van der Waals surface area contributed by atoms with Gasteiger partial charge in [0.15, 0.2) is 0 Å². The van der Waals surface area contributed by atoms with Crippen LogP contribution in [0.5, 0.6) is 5.75 Å². The minimum Gasteiger partial charge on any atom is -0.488 e. The Hall–Kier alpha value is -1.81. The van der Waals surface area contributed by atoms with Crippen LogP contribution in [0.3, 0.4) is 0 Å². The molecule has 0 aliphatic carbocycles. The summed E-state index contributed by atoms with van der Waals surface area (Å²) in [5.74, 6) is 1.39. The molecule has 0 saturated heterocycles. The molecule has 0 radical (unpaired) electrons. The highest BCUT2D eigenvalue weighted by atomic mass is 32.1. The van der Waals surface area contributed by atoms with Gasteiger partial charge >= 0.3 is 0 Å². The van der Waals surface area contributed by atoms with Crippen LogP contribution in [0, 0.1) is 26.7 Å². The predicted octanol–water partition coefficient (Wildman–Crippen LogP) is 4.64. The van der Waals surface area contributed by atoms with Gasteiger partial charge in [0.25, 0.3) is 5.91 Å². The summed E-state index contributed by atoms with van der Waals surface area (Å²) in [6.07, 6.45) is 0. The van der Waals surface area contributed by atoms with Crippen LogP contribution in [-0.4, -0.2) is 12.5 Å². The first-order valence-electron chi connectivity index (χ1n) is 7.93. The van der Waals surface area contributed by atoms with Crippen LogP contribution < -0.4 is 10.1 Å². The second-order valence-electron chi connectivity index (χ2n) is 6.44. The second kappa shape index (κ2) is 7.64. The van der Waals surface area contributed by atoms with E-state index < -0.39 is 0 Å². The highest BCUT2D eigenvalue weighted by molar-refractivity contribution is 7.12. The summed E-state index contributed by atoms with van der Waals surface area (Å²) in [7, 11) is 0. The van der Waals surface area contributed by atoms with Gasteiger partial charge in [0.05, 0.1) is 4.88 Å². The Bertz CT molecular complexity index is 665. The first-order valence-corrected chi connectivity index (χ1v) is 8.81.